The molecule has 1 fully saturated rings. The Balaban J connectivity index is 1.57. The third-order valence-electron chi connectivity index (χ3n) is 5.49. The molecule has 0 spiro atoms. The molecule has 3 rings (SSSR count). The lowest BCUT2D eigenvalue weighted by atomic mass is 9.87. The highest BCUT2D eigenvalue weighted by molar-refractivity contribution is 7.89. The van der Waals surface area contributed by atoms with Gasteiger partial charge in [0.25, 0.3) is 0 Å². The summed E-state index contributed by atoms with van der Waals surface area (Å²) in [5.74, 6) is 0.316. The highest BCUT2D eigenvalue weighted by atomic mass is 35.5. The Kier molecular flexibility index (Phi) is 7.50. The van der Waals surface area contributed by atoms with E-state index >= 15 is 0 Å². The molecule has 1 heterocycles. The van der Waals surface area contributed by atoms with Crippen LogP contribution in [0.25, 0.3) is 0 Å². The Morgan fingerprint density at radius 2 is 1.69 bits per heavy atom. The molecule has 174 valence electrons. The number of piperazine rings is 1. The van der Waals surface area contributed by atoms with E-state index in [1.54, 1.807) is 30.3 Å². The average molecular weight is 480 g/mol. The predicted octanol–water partition coefficient (Wildman–Crippen LogP) is 3.59. The van der Waals surface area contributed by atoms with Crippen LogP contribution in [0.2, 0.25) is 5.02 Å². The summed E-state index contributed by atoms with van der Waals surface area (Å²) in [6.45, 7) is 8.04. The number of sulfonamides is 1. The second kappa shape index (κ2) is 9.79. The summed E-state index contributed by atoms with van der Waals surface area (Å²) < 4.78 is 32.8. The van der Waals surface area contributed by atoms with Gasteiger partial charge in [-0.1, -0.05) is 44.5 Å². The van der Waals surface area contributed by atoms with Crippen molar-refractivity contribution in [3.63, 3.8) is 0 Å². The molecule has 1 amide bonds. The number of benzene rings is 2. The molecule has 7 nitrogen and oxygen atoms in total. The first-order valence-electron chi connectivity index (χ1n) is 10.5. The van der Waals surface area contributed by atoms with Crippen LogP contribution in [0.1, 0.15) is 26.3 Å². The number of rotatable bonds is 6. The van der Waals surface area contributed by atoms with Crippen LogP contribution < -0.4 is 10.1 Å². The van der Waals surface area contributed by atoms with Gasteiger partial charge in [-0.2, -0.15) is 4.31 Å². The number of nitrogens with one attached hydrogen (secondary N) is 1. The van der Waals surface area contributed by atoms with Gasteiger partial charge in [0.2, 0.25) is 15.9 Å². The van der Waals surface area contributed by atoms with Crippen molar-refractivity contribution in [3.8, 4) is 5.75 Å². The van der Waals surface area contributed by atoms with Crippen LogP contribution in [-0.2, 0) is 20.2 Å². The van der Waals surface area contributed by atoms with Crippen molar-refractivity contribution in [2.75, 3.05) is 45.2 Å². The maximum Gasteiger partial charge on any atom is 0.243 e. The number of hydrogen-bond acceptors (Lipinski definition) is 5. The quantitative estimate of drug-likeness (QED) is 0.685. The van der Waals surface area contributed by atoms with Crippen LogP contribution in [0, 0.1) is 0 Å². The molecule has 2 aromatic rings. The number of ether oxygens (including phenoxy) is 1. The normalized spacial score (nSPS) is 16.0. The maximum atomic E-state index is 13.0. The number of nitrogens with zero attached hydrogens (tertiary/aromatic N) is 2. The number of hydrogen-bond donors (Lipinski definition) is 1. The summed E-state index contributed by atoms with van der Waals surface area (Å²) in [4.78, 5) is 14.7. The van der Waals surface area contributed by atoms with Gasteiger partial charge in [-0.05, 0) is 41.3 Å². The Hall–Kier alpha value is -2.13. The van der Waals surface area contributed by atoms with E-state index in [1.807, 2.05) is 17.0 Å². The smallest absolute Gasteiger partial charge is 0.243 e. The molecule has 1 aliphatic heterocycles. The van der Waals surface area contributed by atoms with Gasteiger partial charge >= 0.3 is 0 Å². The van der Waals surface area contributed by atoms with Gasteiger partial charge in [0, 0.05) is 31.2 Å². The molecule has 2 aromatic carbocycles. The molecule has 32 heavy (non-hydrogen) atoms. The molecular weight excluding hydrogens is 450 g/mol. The summed E-state index contributed by atoms with van der Waals surface area (Å²) >= 11 is 6.01. The zero-order chi connectivity index (χ0) is 23.5. The minimum atomic E-state index is -3.56. The van der Waals surface area contributed by atoms with Crippen molar-refractivity contribution in [1.82, 2.24) is 9.21 Å². The highest BCUT2D eigenvalue weighted by Gasteiger charge is 2.29. The Morgan fingerprint density at radius 3 is 2.25 bits per heavy atom. The van der Waals surface area contributed by atoms with E-state index in [1.165, 1.54) is 11.4 Å². The molecule has 0 saturated carbocycles. The third-order valence-corrected chi connectivity index (χ3v) is 7.64. The van der Waals surface area contributed by atoms with Crippen molar-refractivity contribution >= 4 is 33.2 Å². The zero-order valence-electron chi connectivity index (χ0n) is 18.9. The van der Waals surface area contributed by atoms with Crippen LogP contribution in [0.3, 0.4) is 0 Å². The molecule has 0 unspecified atom stereocenters. The maximum absolute atomic E-state index is 13.0. The lowest BCUT2D eigenvalue weighted by Gasteiger charge is -2.33. The first-order valence-corrected chi connectivity index (χ1v) is 12.3. The van der Waals surface area contributed by atoms with Gasteiger partial charge in [0.05, 0.1) is 24.2 Å². The molecule has 0 bridgehead atoms. The first kappa shape index (κ1) is 24.5. The van der Waals surface area contributed by atoms with Crippen molar-refractivity contribution in [2.45, 2.75) is 31.1 Å². The van der Waals surface area contributed by atoms with Gasteiger partial charge in [-0.15, -0.1) is 0 Å². The molecular formula is C23H30ClN3O4S. The van der Waals surface area contributed by atoms with E-state index in [2.05, 4.69) is 26.1 Å². The minimum absolute atomic E-state index is 0.0381. The molecule has 0 atom stereocenters. The van der Waals surface area contributed by atoms with Gasteiger partial charge in [-0.3, -0.25) is 9.69 Å². The van der Waals surface area contributed by atoms with E-state index in [0.29, 0.717) is 47.5 Å². The molecule has 0 aliphatic carbocycles. The van der Waals surface area contributed by atoms with Crippen LogP contribution in [-0.4, -0.2) is 63.4 Å². The molecule has 0 aromatic heterocycles. The number of methoxy groups -OCH3 is 1. The molecule has 9 heteroatoms. The van der Waals surface area contributed by atoms with Gasteiger partial charge in [0.1, 0.15) is 5.75 Å². The number of carbonyl (C=O) groups is 1. The van der Waals surface area contributed by atoms with Gasteiger partial charge in [-0.25, -0.2) is 8.42 Å². The number of anilines is 1. The van der Waals surface area contributed by atoms with Gasteiger partial charge < -0.3 is 10.1 Å². The highest BCUT2D eigenvalue weighted by Crippen LogP contribution is 2.28. The fourth-order valence-corrected chi connectivity index (χ4v) is 5.17. The first-order chi connectivity index (χ1) is 15.0. The van der Waals surface area contributed by atoms with Crippen molar-refractivity contribution in [2.24, 2.45) is 0 Å². The summed E-state index contributed by atoms with van der Waals surface area (Å²) in [7, 11) is -2.04. The zero-order valence-corrected chi connectivity index (χ0v) is 20.5. The Morgan fingerprint density at radius 1 is 1.06 bits per heavy atom. The summed E-state index contributed by atoms with van der Waals surface area (Å²) in [6, 6.07) is 12.1. The number of carbonyl (C=O) groups excluding carboxylic acids is 1. The number of amides is 1. The second-order valence-corrected chi connectivity index (χ2v) is 11.2. The third kappa shape index (κ3) is 5.81. The average Bonchev–Trinajstić information content (AvgIpc) is 2.74. The van der Waals surface area contributed by atoms with E-state index in [-0.39, 0.29) is 17.9 Å². The fraction of sp³-hybridized carbons (Fsp3) is 0.435. The summed E-state index contributed by atoms with van der Waals surface area (Å²) in [6.07, 6.45) is 0. The van der Waals surface area contributed by atoms with Crippen molar-refractivity contribution in [3.05, 3.63) is 53.1 Å². The second-order valence-electron chi connectivity index (χ2n) is 8.85. The van der Waals surface area contributed by atoms with Crippen molar-refractivity contribution < 1.29 is 17.9 Å². The van der Waals surface area contributed by atoms with E-state index in [4.69, 9.17) is 16.3 Å². The number of halogens is 1. The van der Waals surface area contributed by atoms with Crippen LogP contribution in [0.15, 0.2) is 47.4 Å². The standard InChI is InChI=1S/C23H30ClN3O4S/c1-23(2,3)17-5-8-19(9-6-17)32(29,30)27-13-11-26(12-14-27)16-22(28)25-20-15-18(24)7-10-21(20)31-4/h5-10,15H,11-14,16H2,1-4H3,(H,25,28). The van der Waals surface area contributed by atoms with E-state index in [0.717, 1.165) is 5.56 Å². The van der Waals surface area contributed by atoms with Crippen LogP contribution >= 0.6 is 11.6 Å². The lowest BCUT2D eigenvalue weighted by molar-refractivity contribution is -0.117. The molecule has 1 saturated heterocycles. The van der Waals surface area contributed by atoms with Gasteiger partial charge in [0.15, 0.2) is 0 Å². The monoisotopic (exact) mass is 479 g/mol. The van der Waals surface area contributed by atoms with Crippen molar-refractivity contribution in [1.29, 1.82) is 0 Å². The molecule has 1 N–H and O–H groups in total. The lowest BCUT2D eigenvalue weighted by Crippen LogP contribution is -2.50. The van der Waals surface area contributed by atoms with E-state index in [9.17, 15) is 13.2 Å². The topological polar surface area (TPSA) is 79.0 Å². The predicted molar refractivity (Wildman–Crippen MR) is 127 cm³/mol. The Bertz CT molecular complexity index is 1060. The molecule has 1 aliphatic rings. The van der Waals surface area contributed by atoms with Crippen LogP contribution in [0.4, 0.5) is 5.69 Å². The summed E-state index contributed by atoms with van der Waals surface area (Å²) in [5, 5.41) is 3.31. The SMILES string of the molecule is COc1ccc(Cl)cc1NC(=O)CN1CCN(S(=O)(=O)c2ccc(C(C)(C)C)cc2)CC1. The molecule has 0 radical (unpaired) electrons. The van der Waals surface area contributed by atoms with E-state index < -0.39 is 10.0 Å². The minimum Gasteiger partial charge on any atom is -0.495 e. The van der Waals surface area contributed by atoms with Crippen LogP contribution in [0.5, 0.6) is 5.75 Å². The Labute approximate surface area is 195 Å². The largest absolute Gasteiger partial charge is 0.495 e. The fourth-order valence-electron chi connectivity index (χ4n) is 3.57. The summed E-state index contributed by atoms with van der Waals surface area (Å²) in [5.41, 5.74) is 1.55.